The normalized spacial score (nSPS) is 10.6. The summed E-state index contributed by atoms with van der Waals surface area (Å²) in [5.74, 6) is -0.557. The van der Waals surface area contributed by atoms with Gasteiger partial charge in [0.2, 0.25) is 5.75 Å². The van der Waals surface area contributed by atoms with Crippen LogP contribution in [-0.4, -0.2) is 36.6 Å². The van der Waals surface area contributed by atoms with Gasteiger partial charge in [0.15, 0.2) is 11.5 Å². The number of benzene rings is 2. The number of nitrogens with one attached hydrogen (secondary N) is 1. The van der Waals surface area contributed by atoms with E-state index in [9.17, 15) is 15.0 Å². The van der Waals surface area contributed by atoms with Gasteiger partial charge in [-0.15, -0.1) is 0 Å². The fourth-order valence-electron chi connectivity index (χ4n) is 1.90. The molecule has 0 saturated carbocycles. The molecule has 0 aliphatic carbocycles. The lowest BCUT2D eigenvalue weighted by molar-refractivity contribution is 0.0952. The molecule has 0 aromatic heterocycles. The van der Waals surface area contributed by atoms with Gasteiger partial charge in [-0.1, -0.05) is 11.6 Å². The maximum Gasteiger partial charge on any atom is 0.275 e. The van der Waals surface area contributed by atoms with E-state index < -0.39 is 5.91 Å². The third-order valence-electron chi connectivity index (χ3n) is 3.09. The molecule has 3 N–H and O–H groups in total. The van der Waals surface area contributed by atoms with Crippen molar-refractivity contribution >= 4 is 23.7 Å². The van der Waals surface area contributed by atoms with E-state index in [1.165, 1.54) is 50.8 Å². The number of methoxy groups -OCH3 is 2. The van der Waals surface area contributed by atoms with Gasteiger partial charge < -0.3 is 19.7 Å². The van der Waals surface area contributed by atoms with Gasteiger partial charge in [-0.2, -0.15) is 5.10 Å². The van der Waals surface area contributed by atoms with Crippen molar-refractivity contribution in [2.75, 3.05) is 14.2 Å². The molecule has 0 unspecified atom stereocenters. The first-order valence-electron chi connectivity index (χ1n) is 6.73. The van der Waals surface area contributed by atoms with Crippen molar-refractivity contribution in [2.45, 2.75) is 0 Å². The summed E-state index contributed by atoms with van der Waals surface area (Å²) in [7, 11) is 2.80. The summed E-state index contributed by atoms with van der Waals surface area (Å²) in [6.07, 6.45) is 1.34. The summed E-state index contributed by atoms with van der Waals surface area (Å²) in [4.78, 5) is 12.0. The molecule has 2 aromatic rings. The molecule has 0 atom stereocenters. The Balaban J connectivity index is 2.17. The molecule has 0 bridgehead atoms. The lowest BCUT2D eigenvalue weighted by atomic mass is 10.2. The number of carbonyl (C=O) groups is 1. The number of rotatable bonds is 5. The van der Waals surface area contributed by atoms with E-state index >= 15 is 0 Å². The highest BCUT2D eigenvalue weighted by atomic mass is 35.5. The van der Waals surface area contributed by atoms with Crippen LogP contribution in [0.4, 0.5) is 0 Å². The minimum absolute atomic E-state index is 0.000479. The average Bonchev–Trinajstić information content (AvgIpc) is 2.58. The van der Waals surface area contributed by atoms with Crippen LogP contribution in [0.2, 0.25) is 5.02 Å². The molecule has 1 amide bonds. The monoisotopic (exact) mass is 350 g/mol. The molecule has 24 heavy (non-hydrogen) atoms. The highest BCUT2D eigenvalue weighted by molar-refractivity contribution is 6.31. The quantitative estimate of drug-likeness (QED) is 0.568. The van der Waals surface area contributed by atoms with Crippen molar-refractivity contribution in [3.63, 3.8) is 0 Å². The van der Waals surface area contributed by atoms with Gasteiger partial charge in [0, 0.05) is 10.6 Å². The smallest absolute Gasteiger partial charge is 0.275 e. The third kappa shape index (κ3) is 3.88. The SMILES string of the molecule is COc1cc(/C=N/NC(=O)c2cc(Cl)ccc2O)cc(OC)c1O. The van der Waals surface area contributed by atoms with E-state index in [0.29, 0.717) is 10.6 Å². The number of phenolic OH excluding ortho intramolecular Hbond substituents is 2. The molecule has 0 radical (unpaired) electrons. The number of phenols is 2. The highest BCUT2D eigenvalue weighted by Crippen LogP contribution is 2.36. The Kier molecular flexibility index (Phi) is 5.49. The number of amides is 1. The summed E-state index contributed by atoms with van der Waals surface area (Å²) in [5, 5.41) is 23.6. The molecule has 0 aliphatic rings. The van der Waals surface area contributed by atoms with Crippen LogP contribution in [0.25, 0.3) is 0 Å². The van der Waals surface area contributed by atoms with Crippen LogP contribution in [0, 0.1) is 0 Å². The molecule has 7 nitrogen and oxygen atoms in total. The van der Waals surface area contributed by atoms with Crippen molar-refractivity contribution in [1.29, 1.82) is 0 Å². The number of hydrogen-bond donors (Lipinski definition) is 3. The molecule has 0 heterocycles. The van der Waals surface area contributed by atoms with Crippen LogP contribution in [0.3, 0.4) is 0 Å². The molecule has 8 heteroatoms. The van der Waals surface area contributed by atoms with Crippen LogP contribution in [-0.2, 0) is 0 Å². The number of carbonyl (C=O) groups excluding carboxylic acids is 1. The summed E-state index contributed by atoms with van der Waals surface area (Å²) in [6.45, 7) is 0. The van der Waals surface area contributed by atoms with Crippen molar-refractivity contribution in [1.82, 2.24) is 5.43 Å². The van der Waals surface area contributed by atoms with Gasteiger partial charge in [-0.25, -0.2) is 5.43 Å². The number of hydrazone groups is 1. The summed E-state index contributed by atoms with van der Waals surface area (Å²) in [6, 6.07) is 7.14. The minimum atomic E-state index is -0.621. The maximum atomic E-state index is 12.0. The van der Waals surface area contributed by atoms with Crippen LogP contribution in [0.1, 0.15) is 15.9 Å². The molecule has 2 rings (SSSR count). The van der Waals surface area contributed by atoms with Crippen LogP contribution < -0.4 is 14.9 Å². The lowest BCUT2D eigenvalue weighted by Gasteiger charge is -2.09. The maximum absolute atomic E-state index is 12.0. The molecule has 0 saturated heterocycles. The fourth-order valence-corrected chi connectivity index (χ4v) is 2.08. The van der Waals surface area contributed by atoms with E-state index in [-0.39, 0.29) is 28.6 Å². The number of nitrogens with zero attached hydrogens (tertiary/aromatic N) is 1. The average molecular weight is 351 g/mol. The van der Waals surface area contributed by atoms with Gasteiger partial charge in [-0.05, 0) is 30.3 Å². The first-order valence-corrected chi connectivity index (χ1v) is 7.11. The number of aromatic hydroxyl groups is 2. The number of ether oxygens (including phenoxy) is 2. The second kappa shape index (κ2) is 7.56. The number of hydrogen-bond acceptors (Lipinski definition) is 6. The molecular formula is C16H15ClN2O5. The fraction of sp³-hybridized carbons (Fsp3) is 0.125. The Morgan fingerprint density at radius 1 is 1.17 bits per heavy atom. The molecule has 126 valence electrons. The zero-order valence-corrected chi connectivity index (χ0v) is 13.7. The number of halogens is 1. The predicted molar refractivity (Wildman–Crippen MR) is 89.4 cm³/mol. The molecular weight excluding hydrogens is 336 g/mol. The topological polar surface area (TPSA) is 100 Å². The predicted octanol–water partition coefficient (Wildman–Crippen LogP) is 2.53. The first kappa shape index (κ1) is 17.4. The zero-order valence-electron chi connectivity index (χ0n) is 12.9. The highest BCUT2D eigenvalue weighted by Gasteiger charge is 2.12. The second-order valence-corrected chi connectivity index (χ2v) is 5.07. The van der Waals surface area contributed by atoms with Gasteiger partial charge in [0.05, 0.1) is 26.0 Å². The lowest BCUT2D eigenvalue weighted by Crippen LogP contribution is -2.17. The molecule has 0 spiro atoms. The first-order chi connectivity index (χ1) is 11.5. The van der Waals surface area contributed by atoms with Crippen molar-refractivity contribution in [2.24, 2.45) is 5.10 Å². The molecule has 2 aromatic carbocycles. The Morgan fingerprint density at radius 2 is 1.79 bits per heavy atom. The van der Waals surface area contributed by atoms with E-state index in [2.05, 4.69) is 10.5 Å². The Hall–Kier alpha value is -2.93. The molecule has 0 fully saturated rings. The Labute approximate surface area is 143 Å². The summed E-state index contributed by atoms with van der Waals surface area (Å²) in [5.41, 5.74) is 2.80. The standard InChI is InChI=1S/C16H15ClN2O5/c1-23-13-5-9(6-14(24-2)15(13)21)8-18-19-16(22)11-7-10(17)3-4-12(11)20/h3-8,20-21H,1-2H3,(H,19,22)/b18-8+. The summed E-state index contributed by atoms with van der Waals surface area (Å²) >= 11 is 5.79. The third-order valence-corrected chi connectivity index (χ3v) is 3.32. The second-order valence-electron chi connectivity index (χ2n) is 4.63. The van der Waals surface area contributed by atoms with Crippen molar-refractivity contribution < 1.29 is 24.5 Å². The van der Waals surface area contributed by atoms with Gasteiger partial charge in [0.25, 0.3) is 5.91 Å². The van der Waals surface area contributed by atoms with E-state index in [1.807, 2.05) is 0 Å². The van der Waals surface area contributed by atoms with E-state index in [1.54, 1.807) is 0 Å². The van der Waals surface area contributed by atoms with Gasteiger partial charge >= 0.3 is 0 Å². The van der Waals surface area contributed by atoms with Gasteiger partial charge in [-0.3, -0.25) is 4.79 Å². The largest absolute Gasteiger partial charge is 0.507 e. The minimum Gasteiger partial charge on any atom is -0.507 e. The van der Waals surface area contributed by atoms with Crippen LogP contribution in [0.5, 0.6) is 23.0 Å². The van der Waals surface area contributed by atoms with Crippen molar-refractivity contribution in [3.8, 4) is 23.0 Å². The summed E-state index contributed by atoms with van der Waals surface area (Å²) < 4.78 is 10.1. The van der Waals surface area contributed by atoms with E-state index in [0.717, 1.165) is 0 Å². The van der Waals surface area contributed by atoms with E-state index in [4.69, 9.17) is 21.1 Å². The molecule has 0 aliphatic heterocycles. The van der Waals surface area contributed by atoms with Crippen LogP contribution >= 0.6 is 11.6 Å². The zero-order chi connectivity index (χ0) is 17.7. The van der Waals surface area contributed by atoms with Crippen molar-refractivity contribution in [3.05, 3.63) is 46.5 Å². The van der Waals surface area contributed by atoms with Crippen LogP contribution in [0.15, 0.2) is 35.4 Å². The Bertz CT molecular complexity index is 767. The Morgan fingerprint density at radius 3 is 2.38 bits per heavy atom. The van der Waals surface area contributed by atoms with Gasteiger partial charge in [0.1, 0.15) is 5.75 Å².